The van der Waals surface area contributed by atoms with Crippen LogP contribution >= 0.6 is 0 Å². The molecule has 6 nitrogen and oxygen atoms in total. The van der Waals surface area contributed by atoms with Gasteiger partial charge in [-0.15, -0.1) is 0 Å². The molecule has 15 heavy (non-hydrogen) atoms. The van der Waals surface area contributed by atoms with Crippen LogP contribution in [-0.4, -0.2) is 49.6 Å². The summed E-state index contributed by atoms with van der Waals surface area (Å²) in [7, 11) is 1.72. The topological polar surface area (TPSA) is 65.1 Å². The zero-order valence-electron chi connectivity index (χ0n) is 9.06. The third-order valence-electron chi connectivity index (χ3n) is 2.19. The fraction of sp³-hybridized carbons (Fsp3) is 0.778. The first-order valence-electron chi connectivity index (χ1n) is 4.76. The normalized spacial score (nSPS) is 28.9. The monoisotopic (exact) mass is 217 g/mol. The van der Waals surface area contributed by atoms with Crippen molar-refractivity contribution in [2.75, 3.05) is 20.2 Å². The highest BCUT2D eigenvalue weighted by atomic mass is 16.8. The Morgan fingerprint density at radius 3 is 1.87 bits per heavy atom. The summed E-state index contributed by atoms with van der Waals surface area (Å²) in [6, 6.07) is 0. The Morgan fingerprint density at radius 1 is 1.20 bits per heavy atom. The van der Waals surface area contributed by atoms with E-state index in [1.54, 1.807) is 25.8 Å². The number of rotatable bonds is 0. The molecule has 2 atom stereocenters. The predicted octanol–water partition coefficient (Wildman–Crippen LogP) is 0.999. The van der Waals surface area contributed by atoms with Gasteiger partial charge in [0, 0.05) is 7.05 Å². The molecular weight excluding hydrogens is 202 g/mol. The van der Waals surface area contributed by atoms with Crippen LogP contribution in [0.2, 0.25) is 0 Å². The van der Waals surface area contributed by atoms with Gasteiger partial charge in [0.25, 0.3) is 0 Å². The van der Waals surface area contributed by atoms with Gasteiger partial charge in [0.05, 0.1) is 6.54 Å². The number of nitrogens with zero attached hydrogens (tertiary/aromatic N) is 1. The summed E-state index contributed by atoms with van der Waals surface area (Å²) < 4.78 is 13.8. The van der Waals surface area contributed by atoms with E-state index < -0.39 is 6.16 Å². The number of likely N-dealkylation sites (N-methyl/N-ethyl adjacent to an activating group) is 1. The van der Waals surface area contributed by atoms with E-state index in [1.807, 2.05) is 0 Å². The van der Waals surface area contributed by atoms with Crippen molar-refractivity contribution in [1.29, 1.82) is 0 Å². The second kappa shape index (κ2) is 4.86. The Bertz CT molecular complexity index is 243. The maximum atomic E-state index is 10.3. The number of cyclic esters (lactones) is 3. The van der Waals surface area contributed by atoms with Crippen molar-refractivity contribution >= 4 is 12.2 Å². The molecule has 0 aromatic carbocycles. The average Bonchev–Trinajstić information content (AvgIpc) is 2.63. The van der Waals surface area contributed by atoms with Gasteiger partial charge in [-0.1, -0.05) is 0 Å². The molecule has 0 N–H and O–H groups in total. The van der Waals surface area contributed by atoms with E-state index in [9.17, 15) is 9.59 Å². The lowest BCUT2D eigenvalue weighted by Gasteiger charge is -2.00. The van der Waals surface area contributed by atoms with Crippen molar-refractivity contribution in [2.45, 2.75) is 26.1 Å². The van der Waals surface area contributed by atoms with Crippen LogP contribution in [0.1, 0.15) is 13.8 Å². The lowest BCUT2D eigenvalue weighted by atomic mass is 10.3. The highest BCUT2D eigenvalue weighted by Gasteiger charge is 2.28. The van der Waals surface area contributed by atoms with Crippen molar-refractivity contribution in [3.8, 4) is 0 Å². The van der Waals surface area contributed by atoms with E-state index in [-0.39, 0.29) is 18.3 Å². The Hall–Kier alpha value is -1.46. The molecule has 0 aromatic heterocycles. The van der Waals surface area contributed by atoms with Gasteiger partial charge in [0.2, 0.25) is 0 Å². The van der Waals surface area contributed by atoms with Gasteiger partial charge in [0.1, 0.15) is 18.8 Å². The summed E-state index contributed by atoms with van der Waals surface area (Å²) in [5, 5.41) is 0. The average molecular weight is 217 g/mol. The molecule has 2 rings (SSSR count). The van der Waals surface area contributed by atoms with Crippen LogP contribution in [0.3, 0.4) is 0 Å². The van der Waals surface area contributed by atoms with Gasteiger partial charge in [-0.25, -0.2) is 9.59 Å². The number of amides is 1. The summed E-state index contributed by atoms with van der Waals surface area (Å²) in [6.45, 7) is 4.89. The van der Waals surface area contributed by atoms with Gasteiger partial charge in [-0.05, 0) is 13.8 Å². The van der Waals surface area contributed by atoms with E-state index in [0.717, 1.165) is 6.54 Å². The van der Waals surface area contributed by atoms with Crippen molar-refractivity contribution in [3.63, 3.8) is 0 Å². The van der Waals surface area contributed by atoms with Gasteiger partial charge < -0.3 is 19.1 Å². The summed E-state index contributed by atoms with van der Waals surface area (Å²) in [4.78, 5) is 22.0. The van der Waals surface area contributed by atoms with Gasteiger partial charge >= 0.3 is 12.2 Å². The van der Waals surface area contributed by atoms with E-state index in [4.69, 9.17) is 0 Å². The standard InChI is InChI=1S/C5H8O3.C4H7NO2/c1-3-4(2)8-5(6)7-3;1-5-2-3-7-4(5)6/h3-4H,1-2H3;2-3H2,1H3/t3-,4-;/m1./s1. The smallest absolute Gasteiger partial charge is 0.448 e. The van der Waals surface area contributed by atoms with Crippen LogP contribution in [0.4, 0.5) is 9.59 Å². The number of hydrogen-bond donors (Lipinski definition) is 0. The number of carbonyl (C=O) groups excluding carboxylic acids is 2. The van der Waals surface area contributed by atoms with Gasteiger partial charge in [0.15, 0.2) is 0 Å². The lowest BCUT2D eigenvalue weighted by Crippen LogP contribution is -2.17. The van der Waals surface area contributed by atoms with Crippen LogP contribution in [0, 0.1) is 0 Å². The molecule has 0 aromatic rings. The largest absolute Gasteiger partial charge is 0.509 e. The fourth-order valence-electron chi connectivity index (χ4n) is 0.994. The molecule has 0 aliphatic carbocycles. The number of carbonyl (C=O) groups is 2. The summed E-state index contributed by atoms with van der Waals surface area (Å²) in [6.07, 6.45) is -0.921. The van der Waals surface area contributed by atoms with Crippen molar-refractivity contribution in [1.82, 2.24) is 4.90 Å². The lowest BCUT2D eigenvalue weighted by molar-refractivity contribution is 0.118. The highest BCUT2D eigenvalue weighted by Crippen LogP contribution is 2.12. The van der Waals surface area contributed by atoms with Crippen LogP contribution in [0.15, 0.2) is 0 Å². The minimum atomic E-state index is -0.551. The molecule has 0 saturated carbocycles. The molecular formula is C9H15NO5. The minimum Gasteiger partial charge on any atom is -0.448 e. The fourth-order valence-corrected chi connectivity index (χ4v) is 0.994. The Morgan fingerprint density at radius 2 is 1.73 bits per heavy atom. The summed E-state index contributed by atoms with van der Waals surface area (Å²) in [5.74, 6) is 0. The quantitative estimate of drug-likeness (QED) is 0.566. The molecule has 0 bridgehead atoms. The molecule has 0 radical (unpaired) electrons. The first-order chi connectivity index (χ1) is 7.00. The Labute approximate surface area is 88.1 Å². The zero-order chi connectivity index (χ0) is 11.4. The second-order valence-electron chi connectivity index (χ2n) is 3.43. The van der Waals surface area contributed by atoms with E-state index in [1.165, 1.54) is 0 Å². The first kappa shape index (κ1) is 11.6. The third-order valence-corrected chi connectivity index (χ3v) is 2.19. The molecule has 0 spiro atoms. The summed E-state index contributed by atoms with van der Waals surface area (Å²) >= 11 is 0. The van der Waals surface area contributed by atoms with E-state index in [0.29, 0.717) is 6.61 Å². The molecule has 0 unspecified atom stereocenters. The second-order valence-corrected chi connectivity index (χ2v) is 3.43. The van der Waals surface area contributed by atoms with Gasteiger partial charge in [-0.2, -0.15) is 0 Å². The summed E-state index contributed by atoms with van der Waals surface area (Å²) in [5.41, 5.74) is 0. The SMILES string of the molecule is CN1CCOC1=O.C[C@H]1OC(=O)O[C@@H]1C. The number of hydrogen-bond acceptors (Lipinski definition) is 5. The molecule has 2 aliphatic heterocycles. The van der Waals surface area contributed by atoms with Crippen molar-refractivity contribution in [3.05, 3.63) is 0 Å². The van der Waals surface area contributed by atoms with Crippen molar-refractivity contribution in [2.24, 2.45) is 0 Å². The van der Waals surface area contributed by atoms with Crippen molar-refractivity contribution < 1.29 is 23.8 Å². The molecule has 1 amide bonds. The molecule has 2 heterocycles. The Balaban J connectivity index is 0.000000151. The molecule has 6 heteroatoms. The van der Waals surface area contributed by atoms with Crippen LogP contribution < -0.4 is 0 Å². The Kier molecular flexibility index (Phi) is 3.76. The number of ether oxygens (including phenoxy) is 3. The molecule has 2 fully saturated rings. The molecule has 2 saturated heterocycles. The minimum absolute atomic E-state index is 0.0810. The predicted molar refractivity (Wildman–Crippen MR) is 50.5 cm³/mol. The molecule has 86 valence electrons. The van der Waals surface area contributed by atoms with Crippen LogP contribution in [0.5, 0.6) is 0 Å². The molecule has 2 aliphatic rings. The zero-order valence-corrected chi connectivity index (χ0v) is 9.06. The highest BCUT2D eigenvalue weighted by molar-refractivity contribution is 5.68. The first-order valence-corrected chi connectivity index (χ1v) is 4.76. The van der Waals surface area contributed by atoms with Crippen LogP contribution in [-0.2, 0) is 14.2 Å². The van der Waals surface area contributed by atoms with E-state index in [2.05, 4.69) is 14.2 Å². The van der Waals surface area contributed by atoms with Gasteiger partial charge in [-0.3, -0.25) is 0 Å². The third kappa shape index (κ3) is 3.30. The van der Waals surface area contributed by atoms with Crippen LogP contribution in [0.25, 0.3) is 0 Å². The maximum absolute atomic E-state index is 10.3. The van der Waals surface area contributed by atoms with E-state index >= 15 is 0 Å². The maximum Gasteiger partial charge on any atom is 0.509 e.